The van der Waals surface area contributed by atoms with Gasteiger partial charge in [-0.2, -0.15) is 0 Å². The van der Waals surface area contributed by atoms with Crippen LogP contribution >= 0.6 is 39.0 Å². The fourth-order valence-electron chi connectivity index (χ4n) is 2.00. The third kappa shape index (κ3) is 2.45. The summed E-state index contributed by atoms with van der Waals surface area (Å²) in [5, 5.41) is 0. The second-order valence-corrected chi connectivity index (χ2v) is 9.90. The number of hydrogen-bond donors (Lipinski definition) is 1. The number of rotatable bonds is 2. The number of benzene rings is 1. The summed E-state index contributed by atoms with van der Waals surface area (Å²) >= 11 is 6.17. The van der Waals surface area contributed by atoms with Crippen LogP contribution in [0.2, 0.25) is 0 Å². The first-order valence-corrected chi connectivity index (χ1v) is 9.82. The van der Waals surface area contributed by atoms with Gasteiger partial charge in [0.1, 0.15) is 4.21 Å². The zero-order valence-electron chi connectivity index (χ0n) is 10.2. The number of nitrogens with two attached hydrogens (primary N) is 1. The van der Waals surface area contributed by atoms with Gasteiger partial charge in [0.15, 0.2) is 0 Å². The molecule has 0 fully saturated rings. The summed E-state index contributed by atoms with van der Waals surface area (Å²) in [4.78, 5) is 0.949. The normalized spacial score (nSPS) is 15.2. The number of fused-ring (bicyclic) bond motifs is 1. The SMILES string of the molecule is Nc1ccc2c(c1)N(S(=O)(=O)c1ccc(Br)s1)CCS2. The number of nitrogens with zero attached hydrogens (tertiary/aromatic N) is 1. The average Bonchev–Trinajstić information content (AvgIpc) is 2.85. The van der Waals surface area contributed by atoms with Crippen LogP contribution in [0.15, 0.2) is 43.2 Å². The Morgan fingerprint density at radius 3 is 2.75 bits per heavy atom. The fourth-order valence-corrected chi connectivity index (χ4v) is 6.75. The number of halogens is 1. The van der Waals surface area contributed by atoms with Crippen LogP contribution in [0.1, 0.15) is 0 Å². The summed E-state index contributed by atoms with van der Waals surface area (Å²) in [5.41, 5.74) is 7.03. The van der Waals surface area contributed by atoms with Gasteiger partial charge in [-0.1, -0.05) is 0 Å². The van der Waals surface area contributed by atoms with Gasteiger partial charge in [0.2, 0.25) is 0 Å². The third-order valence-electron chi connectivity index (χ3n) is 2.90. The molecule has 1 aliphatic heterocycles. The van der Waals surface area contributed by atoms with E-state index < -0.39 is 10.0 Å². The minimum atomic E-state index is -3.52. The quantitative estimate of drug-likeness (QED) is 0.798. The molecule has 20 heavy (non-hydrogen) atoms. The number of anilines is 2. The molecular formula is C12H11BrN2O2S3. The minimum Gasteiger partial charge on any atom is -0.399 e. The van der Waals surface area contributed by atoms with E-state index in [1.807, 2.05) is 6.07 Å². The molecule has 2 N–H and O–H groups in total. The van der Waals surface area contributed by atoms with E-state index in [-0.39, 0.29) is 0 Å². The molecule has 0 radical (unpaired) electrons. The van der Waals surface area contributed by atoms with Gasteiger partial charge in [0, 0.05) is 22.9 Å². The molecule has 106 valence electrons. The van der Waals surface area contributed by atoms with Crippen molar-refractivity contribution in [1.82, 2.24) is 0 Å². The predicted octanol–water partition coefficient (Wildman–Crippen LogP) is 3.39. The van der Waals surface area contributed by atoms with Crippen molar-refractivity contribution in [2.24, 2.45) is 0 Å². The molecule has 3 rings (SSSR count). The minimum absolute atomic E-state index is 0.338. The molecule has 0 bridgehead atoms. The van der Waals surface area contributed by atoms with Crippen molar-refractivity contribution >= 4 is 60.4 Å². The summed E-state index contributed by atoms with van der Waals surface area (Å²) in [5.74, 6) is 0.739. The molecule has 2 aromatic rings. The van der Waals surface area contributed by atoms with Crippen LogP contribution in [-0.4, -0.2) is 20.7 Å². The van der Waals surface area contributed by atoms with Crippen molar-refractivity contribution in [1.29, 1.82) is 0 Å². The van der Waals surface area contributed by atoms with Gasteiger partial charge in [-0.15, -0.1) is 23.1 Å². The Morgan fingerprint density at radius 2 is 2.05 bits per heavy atom. The molecule has 0 unspecified atom stereocenters. The zero-order valence-corrected chi connectivity index (χ0v) is 14.3. The summed E-state index contributed by atoms with van der Waals surface area (Å²) in [7, 11) is -3.52. The van der Waals surface area contributed by atoms with Crippen molar-refractivity contribution in [2.45, 2.75) is 9.10 Å². The van der Waals surface area contributed by atoms with Gasteiger partial charge in [-0.25, -0.2) is 8.42 Å². The highest BCUT2D eigenvalue weighted by Crippen LogP contribution is 2.40. The van der Waals surface area contributed by atoms with Crippen LogP contribution < -0.4 is 10.0 Å². The second-order valence-electron chi connectivity index (χ2n) is 4.21. The first-order chi connectivity index (χ1) is 9.48. The Bertz CT molecular complexity index is 758. The van der Waals surface area contributed by atoms with E-state index in [2.05, 4.69) is 15.9 Å². The molecule has 2 heterocycles. The molecular weight excluding hydrogens is 380 g/mol. The molecule has 1 aromatic carbocycles. The Hall–Kier alpha value is -0.700. The summed E-state index contributed by atoms with van der Waals surface area (Å²) in [6.45, 7) is 0.457. The van der Waals surface area contributed by atoms with Gasteiger partial charge >= 0.3 is 0 Å². The van der Waals surface area contributed by atoms with Crippen LogP contribution in [0.4, 0.5) is 11.4 Å². The number of hydrogen-bond acceptors (Lipinski definition) is 5. The Labute approximate surface area is 134 Å². The second kappa shape index (κ2) is 5.25. The lowest BCUT2D eigenvalue weighted by molar-refractivity contribution is 0.593. The number of sulfonamides is 1. The van der Waals surface area contributed by atoms with E-state index >= 15 is 0 Å². The number of thioether (sulfide) groups is 1. The first kappa shape index (κ1) is 14.2. The molecule has 1 aromatic heterocycles. The van der Waals surface area contributed by atoms with Crippen LogP contribution in [0.25, 0.3) is 0 Å². The predicted molar refractivity (Wildman–Crippen MR) is 88.1 cm³/mol. The molecule has 0 saturated heterocycles. The van der Waals surface area contributed by atoms with Gasteiger partial charge < -0.3 is 5.73 Å². The monoisotopic (exact) mass is 390 g/mol. The lowest BCUT2D eigenvalue weighted by Crippen LogP contribution is -2.35. The van der Waals surface area contributed by atoms with Crippen molar-refractivity contribution in [3.05, 3.63) is 34.1 Å². The molecule has 8 heteroatoms. The molecule has 4 nitrogen and oxygen atoms in total. The molecule has 0 saturated carbocycles. The highest BCUT2D eigenvalue weighted by atomic mass is 79.9. The molecule has 0 spiro atoms. The maximum Gasteiger partial charge on any atom is 0.273 e. The van der Waals surface area contributed by atoms with Crippen molar-refractivity contribution in [2.75, 3.05) is 22.3 Å². The molecule has 0 amide bonds. The fraction of sp³-hybridized carbons (Fsp3) is 0.167. The van der Waals surface area contributed by atoms with E-state index in [1.54, 1.807) is 36.0 Å². The molecule has 1 aliphatic rings. The van der Waals surface area contributed by atoms with E-state index in [9.17, 15) is 8.42 Å². The van der Waals surface area contributed by atoms with E-state index in [0.717, 1.165) is 14.4 Å². The first-order valence-electron chi connectivity index (χ1n) is 5.79. The molecule has 0 aliphatic carbocycles. The lowest BCUT2D eigenvalue weighted by atomic mass is 10.3. The average molecular weight is 391 g/mol. The van der Waals surface area contributed by atoms with Crippen LogP contribution in [0.5, 0.6) is 0 Å². The van der Waals surface area contributed by atoms with Crippen LogP contribution in [-0.2, 0) is 10.0 Å². The van der Waals surface area contributed by atoms with E-state index in [0.29, 0.717) is 22.1 Å². The van der Waals surface area contributed by atoms with Crippen molar-refractivity contribution in [3.63, 3.8) is 0 Å². The van der Waals surface area contributed by atoms with Gasteiger partial charge in [-0.3, -0.25) is 4.31 Å². The summed E-state index contributed by atoms with van der Waals surface area (Å²) in [6.07, 6.45) is 0. The smallest absolute Gasteiger partial charge is 0.273 e. The standard InChI is InChI=1S/C12H11BrN2O2S3/c13-11-3-4-12(19-11)20(16,17)15-5-6-18-10-2-1-8(14)7-9(10)15/h1-4,7H,5-6,14H2. The van der Waals surface area contributed by atoms with Crippen molar-refractivity contribution in [3.8, 4) is 0 Å². The largest absolute Gasteiger partial charge is 0.399 e. The summed E-state index contributed by atoms with van der Waals surface area (Å²) < 4.78 is 28.1. The van der Waals surface area contributed by atoms with Gasteiger partial charge in [-0.05, 0) is 46.3 Å². The number of nitrogen functional groups attached to an aromatic ring is 1. The van der Waals surface area contributed by atoms with E-state index in [4.69, 9.17) is 5.73 Å². The van der Waals surface area contributed by atoms with Gasteiger partial charge in [0.25, 0.3) is 10.0 Å². The highest BCUT2D eigenvalue weighted by Gasteiger charge is 2.30. The summed E-state index contributed by atoms with van der Waals surface area (Å²) in [6, 6.07) is 8.76. The van der Waals surface area contributed by atoms with E-state index in [1.165, 1.54) is 15.6 Å². The lowest BCUT2D eigenvalue weighted by Gasteiger charge is -2.29. The Balaban J connectivity index is 2.10. The maximum atomic E-state index is 12.7. The topological polar surface area (TPSA) is 63.4 Å². The van der Waals surface area contributed by atoms with Gasteiger partial charge in [0.05, 0.1) is 9.47 Å². The highest BCUT2D eigenvalue weighted by molar-refractivity contribution is 9.11. The third-order valence-corrected chi connectivity index (χ3v) is 7.84. The van der Waals surface area contributed by atoms with Crippen LogP contribution in [0, 0.1) is 0 Å². The maximum absolute atomic E-state index is 12.7. The Kier molecular flexibility index (Phi) is 3.74. The van der Waals surface area contributed by atoms with Crippen molar-refractivity contribution < 1.29 is 8.42 Å². The Morgan fingerprint density at radius 1 is 1.25 bits per heavy atom. The van der Waals surface area contributed by atoms with Crippen LogP contribution in [0.3, 0.4) is 0 Å². The zero-order chi connectivity index (χ0) is 14.3. The molecule has 0 atom stereocenters. The number of thiophene rings is 1.